The summed E-state index contributed by atoms with van der Waals surface area (Å²) in [5.74, 6) is 0. The molecule has 0 aliphatic heterocycles. The molecule has 0 aromatic carbocycles. The molecule has 0 aliphatic carbocycles. The Balaban J connectivity index is 3.21. The third-order valence-electron chi connectivity index (χ3n) is 1.86. The van der Waals surface area contributed by atoms with E-state index in [-0.39, 0.29) is 6.10 Å². The number of hydrogen-bond acceptors (Lipinski definition) is 1. The van der Waals surface area contributed by atoms with Crippen LogP contribution < -0.4 is 0 Å². The van der Waals surface area contributed by atoms with Crippen LogP contribution in [0.2, 0.25) is 0 Å². The molecule has 0 saturated carbocycles. The van der Waals surface area contributed by atoms with Gasteiger partial charge in [0.2, 0.25) is 0 Å². The maximum absolute atomic E-state index is 8.90. The van der Waals surface area contributed by atoms with E-state index < -0.39 is 0 Å². The molecular formula is C12H22O. The van der Waals surface area contributed by atoms with E-state index in [1.54, 1.807) is 13.0 Å². The second-order valence-corrected chi connectivity index (χ2v) is 3.40. The Bertz CT molecular complexity index is 145. The zero-order valence-electron chi connectivity index (χ0n) is 8.87. The Kier molecular flexibility index (Phi) is 9.12. The van der Waals surface area contributed by atoms with Crippen molar-refractivity contribution in [2.24, 2.45) is 0 Å². The quantitative estimate of drug-likeness (QED) is 0.472. The van der Waals surface area contributed by atoms with Gasteiger partial charge in [-0.3, -0.25) is 0 Å². The fourth-order valence-corrected chi connectivity index (χ4v) is 1.09. The number of aliphatic hydroxyl groups excluding tert-OH is 1. The lowest BCUT2D eigenvalue weighted by Gasteiger charge is -1.93. The smallest absolute Gasteiger partial charge is 0.0695 e. The molecule has 0 aliphatic rings. The number of hydrogen-bond donors (Lipinski definition) is 1. The Labute approximate surface area is 82.2 Å². The van der Waals surface area contributed by atoms with E-state index in [1.165, 1.54) is 25.7 Å². The molecule has 0 radical (unpaired) electrons. The van der Waals surface area contributed by atoms with Crippen LogP contribution in [0.25, 0.3) is 0 Å². The van der Waals surface area contributed by atoms with Crippen LogP contribution in [0.3, 0.4) is 0 Å². The van der Waals surface area contributed by atoms with Crippen LogP contribution in [0.1, 0.15) is 46.0 Å². The first-order chi connectivity index (χ1) is 6.27. The van der Waals surface area contributed by atoms with E-state index in [9.17, 15) is 0 Å². The van der Waals surface area contributed by atoms with Crippen LogP contribution >= 0.6 is 0 Å². The predicted octanol–water partition coefficient (Wildman–Crippen LogP) is 3.45. The maximum Gasteiger partial charge on any atom is 0.0695 e. The minimum absolute atomic E-state index is 0.329. The molecule has 0 aromatic heterocycles. The second kappa shape index (κ2) is 9.53. The summed E-state index contributed by atoms with van der Waals surface area (Å²) in [6.45, 7) is 3.98. The number of aliphatic hydroxyl groups is 1. The van der Waals surface area contributed by atoms with Gasteiger partial charge in [0, 0.05) is 0 Å². The van der Waals surface area contributed by atoms with Gasteiger partial charge in [-0.05, 0) is 19.8 Å². The van der Waals surface area contributed by atoms with Crippen molar-refractivity contribution in [3.05, 3.63) is 24.3 Å². The molecule has 13 heavy (non-hydrogen) atoms. The minimum Gasteiger partial charge on any atom is -0.389 e. The van der Waals surface area contributed by atoms with Crippen molar-refractivity contribution in [2.75, 3.05) is 0 Å². The molecule has 0 amide bonds. The van der Waals surface area contributed by atoms with Gasteiger partial charge >= 0.3 is 0 Å². The highest BCUT2D eigenvalue weighted by molar-refractivity contribution is 5.03. The van der Waals surface area contributed by atoms with Gasteiger partial charge in [-0.15, -0.1) is 0 Å². The average molecular weight is 182 g/mol. The van der Waals surface area contributed by atoms with Crippen LogP contribution in [0.5, 0.6) is 0 Å². The Morgan fingerprint density at radius 2 is 1.92 bits per heavy atom. The van der Waals surface area contributed by atoms with Crippen molar-refractivity contribution in [3.8, 4) is 0 Å². The molecule has 0 aromatic rings. The fourth-order valence-electron chi connectivity index (χ4n) is 1.09. The minimum atomic E-state index is -0.329. The van der Waals surface area contributed by atoms with Gasteiger partial charge in [0.05, 0.1) is 6.10 Å². The highest BCUT2D eigenvalue weighted by Gasteiger charge is 1.84. The SMILES string of the molecule is CCCCCC/C=C\C=C\[C@@H](C)O. The largest absolute Gasteiger partial charge is 0.389 e. The van der Waals surface area contributed by atoms with Gasteiger partial charge in [-0.25, -0.2) is 0 Å². The van der Waals surface area contributed by atoms with Crippen LogP contribution in [-0.2, 0) is 0 Å². The summed E-state index contributed by atoms with van der Waals surface area (Å²) in [5.41, 5.74) is 0. The normalized spacial score (nSPS) is 14.4. The number of rotatable bonds is 7. The van der Waals surface area contributed by atoms with Gasteiger partial charge in [-0.2, -0.15) is 0 Å². The van der Waals surface area contributed by atoms with Crippen molar-refractivity contribution in [2.45, 2.75) is 52.1 Å². The highest BCUT2D eigenvalue weighted by Crippen LogP contribution is 2.02. The van der Waals surface area contributed by atoms with E-state index in [0.717, 1.165) is 6.42 Å². The molecular weight excluding hydrogens is 160 g/mol. The van der Waals surface area contributed by atoms with Crippen molar-refractivity contribution in [1.29, 1.82) is 0 Å². The van der Waals surface area contributed by atoms with Crippen LogP contribution in [-0.4, -0.2) is 11.2 Å². The first-order valence-electron chi connectivity index (χ1n) is 5.28. The first kappa shape index (κ1) is 12.4. The third-order valence-corrected chi connectivity index (χ3v) is 1.86. The summed E-state index contributed by atoms with van der Waals surface area (Å²) in [6.07, 6.45) is 14.0. The Morgan fingerprint density at radius 1 is 1.15 bits per heavy atom. The molecule has 1 atom stereocenters. The summed E-state index contributed by atoms with van der Waals surface area (Å²) in [4.78, 5) is 0. The highest BCUT2D eigenvalue weighted by atomic mass is 16.3. The van der Waals surface area contributed by atoms with Crippen LogP contribution in [0.4, 0.5) is 0 Å². The van der Waals surface area contributed by atoms with E-state index in [1.807, 2.05) is 12.2 Å². The maximum atomic E-state index is 8.90. The van der Waals surface area contributed by atoms with E-state index in [4.69, 9.17) is 5.11 Å². The summed E-state index contributed by atoms with van der Waals surface area (Å²) in [5, 5.41) is 8.90. The van der Waals surface area contributed by atoms with E-state index >= 15 is 0 Å². The molecule has 0 bridgehead atoms. The molecule has 0 spiro atoms. The third kappa shape index (κ3) is 11.4. The van der Waals surface area contributed by atoms with Gasteiger partial charge < -0.3 is 5.11 Å². The number of allylic oxidation sites excluding steroid dienone is 3. The van der Waals surface area contributed by atoms with Gasteiger partial charge in [0.1, 0.15) is 0 Å². The van der Waals surface area contributed by atoms with Crippen molar-refractivity contribution in [1.82, 2.24) is 0 Å². The van der Waals surface area contributed by atoms with Gasteiger partial charge in [0.25, 0.3) is 0 Å². The molecule has 0 unspecified atom stereocenters. The van der Waals surface area contributed by atoms with Crippen LogP contribution in [0, 0.1) is 0 Å². The lowest BCUT2D eigenvalue weighted by molar-refractivity contribution is 0.244. The lowest BCUT2D eigenvalue weighted by Crippen LogP contribution is -1.90. The van der Waals surface area contributed by atoms with Gasteiger partial charge in [-0.1, -0.05) is 50.5 Å². The Hall–Kier alpha value is -0.560. The average Bonchev–Trinajstić information content (AvgIpc) is 2.09. The topological polar surface area (TPSA) is 20.2 Å². The zero-order valence-corrected chi connectivity index (χ0v) is 8.87. The molecule has 0 heterocycles. The lowest BCUT2D eigenvalue weighted by atomic mass is 10.1. The van der Waals surface area contributed by atoms with E-state index in [2.05, 4.69) is 13.0 Å². The predicted molar refractivity (Wildman–Crippen MR) is 58.7 cm³/mol. The molecule has 1 N–H and O–H groups in total. The molecule has 0 saturated heterocycles. The first-order valence-corrected chi connectivity index (χ1v) is 5.28. The zero-order chi connectivity index (χ0) is 9.94. The Morgan fingerprint density at radius 3 is 2.54 bits per heavy atom. The van der Waals surface area contributed by atoms with Gasteiger partial charge in [0.15, 0.2) is 0 Å². The summed E-state index contributed by atoms with van der Waals surface area (Å²) >= 11 is 0. The molecule has 76 valence electrons. The molecule has 1 nitrogen and oxygen atoms in total. The van der Waals surface area contributed by atoms with Crippen molar-refractivity contribution in [3.63, 3.8) is 0 Å². The van der Waals surface area contributed by atoms with Crippen LogP contribution in [0.15, 0.2) is 24.3 Å². The van der Waals surface area contributed by atoms with Crippen molar-refractivity contribution < 1.29 is 5.11 Å². The number of unbranched alkanes of at least 4 members (excludes halogenated alkanes) is 4. The summed E-state index contributed by atoms with van der Waals surface area (Å²) in [7, 11) is 0. The fraction of sp³-hybridized carbons (Fsp3) is 0.667. The molecule has 1 heteroatoms. The molecule has 0 rings (SSSR count). The monoisotopic (exact) mass is 182 g/mol. The second-order valence-electron chi connectivity index (χ2n) is 3.40. The van der Waals surface area contributed by atoms with E-state index in [0.29, 0.717) is 0 Å². The van der Waals surface area contributed by atoms with Crippen molar-refractivity contribution >= 4 is 0 Å². The summed E-state index contributed by atoms with van der Waals surface area (Å²) in [6, 6.07) is 0. The standard InChI is InChI=1S/C12H22O/c1-3-4-5-6-7-8-9-10-11-12(2)13/h8-13H,3-7H2,1-2H3/b9-8-,11-10+/t12-/m1/s1. The molecule has 0 fully saturated rings. The summed E-state index contributed by atoms with van der Waals surface area (Å²) < 4.78 is 0.